The molecule has 23 heavy (non-hydrogen) atoms. The van der Waals surface area contributed by atoms with Gasteiger partial charge in [0, 0.05) is 17.2 Å². The Balaban J connectivity index is 1.97. The molecule has 1 amide bonds. The zero-order chi connectivity index (χ0) is 16.4. The fourth-order valence-corrected chi connectivity index (χ4v) is 2.43. The minimum absolute atomic E-state index is 0.0117. The Hall–Kier alpha value is -2.62. The monoisotopic (exact) mass is 308 g/mol. The maximum absolute atomic E-state index is 12.1. The Morgan fingerprint density at radius 2 is 2.00 bits per heavy atom. The highest BCUT2D eigenvalue weighted by Gasteiger charge is 2.15. The Kier molecular flexibility index (Phi) is 4.15. The summed E-state index contributed by atoms with van der Waals surface area (Å²) in [5.74, 6) is 0.594. The number of rotatable bonds is 4. The predicted octanol–water partition coefficient (Wildman–Crippen LogP) is 4.79. The van der Waals surface area contributed by atoms with Crippen molar-refractivity contribution in [3.63, 3.8) is 0 Å². The summed E-state index contributed by atoms with van der Waals surface area (Å²) in [4.78, 5) is 16.7. The summed E-state index contributed by atoms with van der Waals surface area (Å²) in [6.07, 6.45) is 0.815. The van der Waals surface area contributed by atoms with Gasteiger partial charge >= 0.3 is 0 Å². The van der Waals surface area contributed by atoms with E-state index in [1.165, 1.54) is 0 Å². The van der Waals surface area contributed by atoms with Crippen LogP contribution in [0.25, 0.3) is 22.6 Å². The van der Waals surface area contributed by atoms with Crippen LogP contribution in [-0.2, 0) is 4.79 Å². The van der Waals surface area contributed by atoms with Gasteiger partial charge in [0.2, 0.25) is 11.8 Å². The minimum Gasteiger partial charge on any atom is -0.436 e. The Morgan fingerprint density at radius 1 is 1.22 bits per heavy atom. The number of hydrogen-bond acceptors (Lipinski definition) is 3. The van der Waals surface area contributed by atoms with Crippen LogP contribution in [0.15, 0.2) is 46.9 Å². The second-order valence-electron chi connectivity index (χ2n) is 5.76. The number of anilines is 1. The van der Waals surface area contributed by atoms with Crippen molar-refractivity contribution in [1.82, 2.24) is 4.98 Å². The lowest BCUT2D eigenvalue weighted by Crippen LogP contribution is -2.20. The number of oxazole rings is 1. The highest BCUT2D eigenvalue weighted by Crippen LogP contribution is 2.30. The fourth-order valence-electron chi connectivity index (χ4n) is 2.43. The van der Waals surface area contributed by atoms with Gasteiger partial charge in [0.1, 0.15) is 5.52 Å². The number of hydrogen-bond donors (Lipinski definition) is 1. The molecular formula is C19H20N2O2. The normalized spacial score (nSPS) is 12.3. The molecule has 0 fully saturated rings. The second-order valence-corrected chi connectivity index (χ2v) is 5.76. The summed E-state index contributed by atoms with van der Waals surface area (Å²) in [5.41, 5.74) is 4.24. The quantitative estimate of drug-likeness (QED) is 0.754. The number of para-hydroxylation sites is 2. The van der Waals surface area contributed by atoms with E-state index in [1.54, 1.807) is 0 Å². The van der Waals surface area contributed by atoms with Crippen molar-refractivity contribution in [3.05, 3.63) is 48.0 Å². The van der Waals surface area contributed by atoms with E-state index in [9.17, 15) is 4.79 Å². The molecule has 0 spiro atoms. The van der Waals surface area contributed by atoms with Crippen LogP contribution in [0, 0.1) is 12.8 Å². The van der Waals surface area contributed by atoms with E-state index >= 15 is 0 Å². The van der Waals surface area contributed by atoms with Crippen LogP contribution >= 0.6 is 0 Å². The highest BCUT2D eigenvalue weighted by molar-refractivity contribution is 5.94. The number of nitrogens with one attached hydrogen (secondary N) is 1. The minimum atomic E-state index is -0.0117. The van der Waals surface area contributed by atoms with Gasteiger partial charge in [-0.3, -0.25) is 4.79 Å². The van der Waals surface area contributed by atoms with Crippen LogP contribution in [0.5, 0.6) is 0 Å². The third-order valence-corrected chi connectivity index (χ3v) is 4.18. The standard InChI is InChI=1S/C19H20N2O2/c1-4-12(2)18(22)20-15-10-7-8-14(13(15)3)19-21-16-9-5-6-11-17(16)23-19/h5-12H,4H2,1-3H3,(H,20,22). The van der Waals surface area contributed by atoms with Crippen molar-refractivity contribution in [2.24, 2.45) is 5.92 Å². The summed E-state index contributed by atoms with van der Waals surface area (Å²) in [5, 5.41) is 3.00. The first-order valence-electron chi connectivity index (χ1n) is 7.86. The zero-order valence-electron chi connectivity index (χ0n) is 13.6. The SMILES string of the molecule is CCC(C)C(=O)Nc1cccc(-c2nc3ccccc3o2)c1C. The molecule has 3 aromatic rings. The average molecular weight is 308 g/mol. The van der Waals surface area contributed by atoms with Gasteiger partial charge in [-0.2, -0.15) is 0 Å². The van der Waals surface area contributed by atoms with E-state index in [4.69, 9.17) is 4.42 Å². The number of amides is 1. The molecule has 1 aromatic heterocycles. The molecule has 0 saturated heterocycles. The number of benzene rings is 2. The van der Waals surface area contributed by atoms with Crippen LogP contribution in [0.4, 0.5) is 5.69 Å². The van der Waals surface area contributed by atoms with E-state index in [0.717, 1.165) is 34.3 Å². The molecule has 3 rings (SSSR count). The zero-order valence-corrected chi connectivity index (χ0v) is 13.6. The van der Waals surface area contributed by atoms with Crippen LogP contribution in [0.3, 0.4) is 0 Å². The number of carbonyl (C=O) groups excluding carboxylic acids is 1. The first-order valence-corrected chi connectivity index (χ1v) is 7.86. The molecule has 2 aromatic carbocycles. The molecule has 0 aliphatic carbocycles. The summed E-state index contributed by atoms with van der Waals surface area (Å²) in [6, 6.07) is 13.4. The van der Waals surface area contributed by atoms with Crippen molar-refractivity contribution < 1.29 is 9.21 Å². The van der Waals surface area contributed by atoms with E-state index in [2.05, 4.69) is 10.3 Å². The van der Waals surface area contributed by atoms with E-state index in [0.29, 0.717) is 5.89 Å². The van der Waals surface area contributed by atoms with Crippen LogP contribution in [0.2, 0.25) is 0 Å². The molecule has 0 radical (unpaired) electrons. The molecule has 4 nitrogen and oxygen atoms in total. The van der Waals surface area contributed by atoms with Crippen LogP contribution < -0.4 is 5.32 Å². The van der Waals surface area contributed by atoms with Gasteiger partial charge in [-0.15, -0.1) is 0 Å². The van der Waals surface area contributed by atoms with Gasteiger partial charge in [0.05, 0.1) is 0 Å². The highest BCUT2D eigenvalue weighted by atomic mass is 16.3. The topological polar surface area (TPSA) is 55.1 Å². The smallest absolute Gasteiger partial charge is 0.227 e. The molecule has 0 aliphatic rings. The Labute approximate surface area is 135 Å². The lowest BCUT2D eigenvalue weighted by Gasteiger charge is -2.13. The number of fused-ring (bicyclic) bond motifs is 1. The van der Waals surface area contributed by atoms with E-state index in [-0.39, 0.29) is 11.8 Å². The molecule has 0 saturated carbocycles. The molecular weight excluding hydrogens is 288 g/mol. The summed E-state index contributed by atoms with van der Waals surface area (Å²) in [6.45, 7) is 5.90. The average Bonchev–Trinajstić information content (AvgIpc) is 2.99. The van der Waals surface area contributed by atoms with E-state index in [1.807, 2.05) is 63.2 Å². The third-order valence-electron chi connectivity index (χ3n) is 4.18. The molecule has 1 atom stereocenters. The number of aromatic nitrogens is 1. The molecule has 118 valence electrons. The van der Waals surface area contributed by atoms with Gasteiger partial charge in [0.15, 0.2) is 5.58 Å². The van der Waals surface area contributed by atoms with Crippen molar-refractivity contribution in [2.45, 2.75) is 27.2 Å². The third kappa shape index (κ3) is 2.97. The number of carbonyl (C=O) groups is 1. The van der Waals surface area contributed by atoms with Crippen molar-refractivity contribution in [3.8, 4) is 11.5 Å². The van der Waals surface area contributed by atoms with Gasteiger partial charge in [-0.05, 0) is 43.2 Å². The van der Waals surface area contributed by atoms with Gasteiger partial charge in [-0.25, -0.2) is 4.98 Å². The van der Waals surface area contributed by atoms with Crippen LogP contribution in [0.1, 0.15) is 25.8 Å². The molecule has 1 heterocycles. The predicted molar refractivity (Wildman–Crippen MR) is 92.3 cm³/mol. The van der Waals surface area contributed by atoms with Gasteiger partial charge in [-0.1, -0.05) is 32.0 Å². The molecule has 0 aliphatic heterocycles. The van der Waals surface area contributed by atoms with Gasteiger partial charge < -0.3 is 9.73 Å². The lowest BCUT2D eigenvalue weighted by atomic mass is 10.0. The summed E-state index contributed by atoms with van der Waals surface area (Å²) >= 11 is 0. The first kappa shape index (κ1) is 15.3. The summed E-state index contributed by atoms with van der Waals surface area (Å²) < 4.78 is 5.84. The van der Waals surface area contributed by atoms with Gasteiger partial charge in [0.25, 0.3) is 0 Å². The molecule has 4 heteroatoms. The molecule has 1 unspecified atom stereocenters. The largest absolute Gasteiger partial charge is 0.436 e. The second kappa shape index (κ2) is 6.24. The van der Waals surface area contributed by atoms with Crippen molar-refractivity contribution in [1.29, 1.82) is 0 Å². The van der Waals surface area contributed by atoms with Crippen LogP contribution in [-0.4, -0.2) is 10.9 Å². The molecule has 1 N–H and O–H groups in total. The fraction of sp³-hybridized carbons (Fsp3) is 0.263. The number of nitrogens with zero attached hydrogens (tertiary/aromatic N) is 1. The Morgan fingerprint density at radius 3 is 2.74 bits per heavy atom. The maximum atomic E-state index is 12.1. The first-order chi connectivity index (χ1) is 11.1. The van der Waals surface area contributed by atoms with Crippen molar-refractivity contribution >= 4 is 22.7 Å². The Bertz CT molecular complexity index is 818. The van der Waals surface area contributed by atoms with E-state index < -0.39 is 0 Å². The molecule has 0 bridgehead atoms. The lowest BCUT2D eigenvalue weighted by molar-refractivity contribution is -0.119. The summed E-state index contributed by atoms with van der Waals surface area (Å²) in [7, 11) is 0. The van der Waals surface area contributed by atoms with Crippen molar-refractivity contribution in [2.75, 3.05) is 5.32 Å². The maximum Gasteiger partial charge on any atom is 0.227 e.